The molecular formula is C10H21N3O. The molecular weight excluding hydrogens is 178 g/mol. The molecule has 1 aliphatic heterocycles. The summed E-state index contributed by atoms with van der Waals surface area (Å²) in [4.78, 5) is 13.7. The molecule has 0 saturated carbocycles. The van der Waals surface area contributed by atoms with Crippen molar-refractivity contribution in [3.63, 3.8) is 0 Å². The molecule has 1 amide bonds. The number of rotatable bonds is 4. The molecule has 1 rings (SSSR count). The molecule has 2 atom stereocenters. The van der Waals surface area contributed by atoms with Crippen LogP contribution in [0.1, 0.15) is 13.3 Å². The second kappa shape index (κ2) is 5.32. The smallest absolute Gasteiger partial charge is 0.227 e. The van der Waals surface area contributed by atoms with Crippen LogP contribution in [0.15, 0.2) is 0 Å². The van der Waals surface area contributed by atoms with Crippen LogP contribution in [0.4, 0.5) is 0 Å². The Labute approximate surface area is 86.0 Å². The van der Waals surface area contributed by atoms with Crippen LogP contribution >= 0.6 is 0 Å². The first-order valence-electron chi connectivity index (χ1n) is 5.29. The Kier molecular flexibility index (Phi) is 4.35. The second-order valence-corrected chi connectivity index (χ2v) is 4.00. The number of hydrogen-bond acceptors (Lipinski definition) is 3. The van der Waals surface area contributed by atoms with Gasteiger partial charge < -0.3 is 15.5 Å². The predicted molar refractivity (Wildman–Crippen MR) is 57.1 cm³/mol. The van der Waals surface area contributed by atoms with E-state index in [1.165, 1.54) is 0 Å². The fraction of sp³-hybridized carbons (Fsp3) is 0.900. The number of nitrogens with zero attached hydrogens (tertiary/aromatic N) is 1. The van der Waals surface area contributed by atoms with Crippen molar-refractivity contribution in [2.45, 2.75) is 19.4 Å². The minimum atomic E-state index is 0.178. The first-order valence-corrected chi connectivity index (χ1v) is 5.29. The zero-order chi connectivity index (χ0) is 10.6. The molecule has 0 aromatic heterocycles. The molecule has 4 nitrogen and oxygen atoms in total. The van der Waals surface area contributed by atoms with E-state index >= 15 is 0 Å². The first-order chi connectivity index (χ1) is 6.66. The number of likely N-dealkylation sites (N-methyl/N-ethyl adjacent to an activating group) is 2. The molecule has 2 unspecified atom stereocenters. The lowest BCUT2D eigenvalue weighted by Gasteiger charge is -2.23. The highest BCUT2D eigenvalue weighted by Gasteiger charge is 2.30. The van der Waals surface area contributed by atoms with Gasteiger partial charge in [0.05, 0.1) is 5.92 Å². The van der Waals surface area contributed by atoms with Crippen LogP contribution in [-0.2, 0) is 4.79 Å². The number of carbonyl (C=O) groups is 1. The van der Waals surface area contributed by atoms with Gasteiger partial charge in [0, 0.05) is 26.2 Å². The average Bonchev–Trinajstić information content (AvgIpc) is 2.59. The summed E-state index contributed by atoms with van der Waals surface area (Å²) in [6, 6.07) is 0.333. The van der Waals surface area contributed by atoms with Crippen LogP contribution in [0.2, 0.25) is 0 Å². The highest BCUT2D eigenvalue weighted by molar-refractivity contribution is 5.79. The van der Waals surface area contributed by atoms with E-state index in [4.69, 9.17) is 0 Å². The van der Waals surface area contributed by atoms with Crippen LogP contribution in [0.3, 0.4) is 0 Å². The van der Waals surface area contributed by atoms with E-state index in [1.807, 2.05) is 19.0 Å². The highest BCUT2D eigenvalue weighted by atomic mass is 16.2. The predicted octanol–water partition coefficient (Wildman–Crippen LogP) is -0.338. The molecule has 1 fully saturated rings. The summed E-state index contributed by atoms with van der Waals surface area (Å²) in [7, 11) is 3.78. The van der Waals surface area contributed by atoms with Crippen molar-refractivity contribution < 1.29 is 4.79 Å². The zero-order valence-corrected chi connectivity index (χ0v) is 9.34. The van der Waals surface area contributed by atoms with E-state index in [0.29, 0.717) is 6.04 Å². The van der Waals surface area contributed by atoms with E-state index in [2.05, 4.69) is 17.6 Å². The lowest BCUT2D eigenvalue weighted by molar-refractivity contribution is -0.134. The maximum Gasteiger partial charge on any atom is 0.227 e. The monoisotopic (exact) mass is 199 g/mol. The highest BCUT2D eigenvalue weighted by Crippen LogP contribution is 2.17. The fourth-order valence-corrected chi connectivity index (χ4v) is 1.87. The molecule has 0 radical (unpaired) electrons. The molecule has 1 aliphatic rings. The normalized spacial score (nSPS) is 26.5. The van der Waals surface area contributed by atoms with Crippen molar-refractivity contribution in [3.8, 4) is 0 Å². The summed E-state index contributed by atoms with van der Waals surface area (Å²) < 4.78 is 0. The third-order valence-electron chi connectivity index (χ3n) is 2.92. The number of hydrogen-bond donors (Lipinski definition) is 2. The lowest BCUT2D eigenvalue weighted by Crippen LogP contribution is -2.40. The van der Waals surface area contributed by atoms with Crippen LogP contribution in [0, 0.1) is 5.92 Å². The van der Waals surface area contributed by atoms with Gasteiger partial charge in [-0.3, -0.25) is 4.79 Å². The fourth-order valence-electron chi connectivity index (χ4n) is 1.87. The van der Waals surface area contributed by atoms with Gasteiger partial charge in [-0.25, -0.2) is 0 Å². The van der Waals surface area contributed by atoms with Crippen molar-refractivity contribution in [3.05, 3.63) is 0 Å². The van der Waals surface area contributed by atoms with Gasteiger partial charge in [0.15, 0.2) is 0 Å². The van der Waals surface area contributed by atoms with Crippen LogP contribution in [0.5, 0.6) is 0 Å². The molecule has 82 valence electrons. The molecule has 0 spiro atoms. The average molecular weight is 199 g/mol. The Morgan fingerprint density at radius 2 is 2.36 bits per heavy atom. The molecule has 2 N–H and O–H groups in total. The largest absolute Gasteiger partial charge is 0.344 e. The molecule has 0 aromatic carbocycles. The Hall–Kier alpha value is -0.610. The Bertz CT molecular complexity index is 196. The Morgan fingerprint density at radius 3 is 2.86 bits per heavy atom. The van der Waals surface area contributed by atoms with Crippen molar-refractivity contribution in [2.24, 2.45) is 5.92 Å². The van der Waals surface area contributed by atoms with Gasteiger partial charge >= 0.3 is 0 Å². The third kappa shape index (κ3) is 2.69. The number of nitrogens with one attached hydrogen (secondary N) is 2. The van der Waals surface area contributed by atoms with Crippen LogP contribution < -0.4 is 10.6 Å². The van der Waals surface area contributed by atoms with E-state index < -0.39 is 0 Å². The van der Waals surface area contributed by atoms with Gasteiger partial charge in [0.1, 0.15) is 0 Å². The van der Waals surface area contributed by atoms with E-state index in [9.17, 15) is 4.79 Å². The summed E-state index contributed by atoms with van der Waals surface area (Å²) in [6.07, 6.45) is 0.976. The topological polar surface area (TPSA) is 44.4 Å². The number of amides is 1. The summed E-state index contributed by atoms with van der Waals surface area (Å²) in [5.41, 5.74) is 0. The standard InChI is InChI=1S/C10H21N3O/c1-8-9(4-5-12-8)10(14)13(3)7-6-11-2/h8-9,11-12H,4-7H2,1-3H3. The van der Waals surface area contributed by atoms with Gasteiger partial charge in [0.25, 0.3) is 0 Å². The van der Waals surface area contributed by atoms with E-state index in [0.717, 1.165) is 26.1 Å². The maximum absolute atomic E-state index is 11.9. The lowest BCUT2D eigenvalue weighted by atomic mass is 10.0. The molecule has 0 aliphatic carbocycles. The summed E-state index contributed by atoms with van der Waals surface area (Å²) >= 11 is 0. The van der Waals surface area contributed by atoms with Crippen molar-refractivity contribution >= 4 is 5.91 Å². The van der Waals surface area contributed by atoms with E-state index in [1.54, 1.807) is 0 Å². The molecule has 1 saturated heterocycles. The van der Waals surface area contributed by atoms with Gasteiger partial charge in [-0.15, -0.1) is 0 Å². The van der Waals surface area contributed by atoms with E-state index in [-0.39, 0.29) is 11.8 Å². The summed E-state index contributed by atoms with van der Waals surface area (Å²) in [6.45, 7) is 4.70. The Morgan fingerprint density at radius 1 is 1.64 bits per heavy atom. The molecule has 14 heavy (non-hydrogen) atoms. The van der Waals surface area contributed by atoms with Gasteiger partial charge in [-0.1, -0.05) is 0 Å². The summed E-state index contributed by atoms with van der Waals surface area (Å²) in [5.74, 6) is 0.453. The second-order valence-electron chi connectivity index (χ2n) is 4.00. The molecule has 1 heterocycles. The first kappa shape index (κ1) is 11.5. The quantitative estimate of drug-likeness (QED) is 0.651. The zero-order valence-electron chi connectivity index (χ0n) is 9.34. The minimum absolute atomic E-state index is 0.178. The van der Waals surface area contributed by atoms with Crippen LogP contribution in [0.25, 0.3) is 0 Å². The van der Waals surface area contributed by atoms with Crippen molar-refractivity contribution in [1.82, 2.24) is 15.5 Å². The van der Waals surface area contributed by atoms with Gasteiger partial charge in [0.2, 0.25) is 5.91 Å². The van der Waals surface area contributed by atoms with Crippen molar-refractivity contribution in [1.29, 1.82) is 0 Å². The molecule has 0 bridgehead atoms. The van der Waals surface area contributed by atoms with Gasteiger partial charge in [-0.05, 0) is 26.9 Å². The maximum atomic E-state index is 11.9. The number of carbonyl (C=O) groups excluding carboxylic acids is 1. The SMILES string of the molecule is CNCCN(C)C(=O)C1CCNC1C. The van der Waals surface area contributed by atoms with Gasteiger partial charge in [-0.2, -0.15) is 0 Å². The third-order valence-corrected chi connectivity index (χ3v) is 2.92. The Balaban J connectivity index is 2.39. The van der Waals surface area contributed by atoms with Crippen LogP contribution in [-0.4, -0.2) is 50.6 Å². The van der Waals surface area contributed by atoms with Crippen molar-refractivity contribution in [2.75, 3.05) is 33.7 Å². The molecule has 0 aromatic rings. The molecule has 4 heteroatoms. The summed E-state index contributed by atoms with van der Waals surface area (Å²) in [5, 5.41) is 6.34. The minimum Gasteiger partial charge on any atom is -0.344 e.